The molecule has 0 bridgehead atoms. The van der Waals surface area contributed by atoms with Gasteiger partial charge in [-0.1, -0.05) is 18.2 Å². The van der Waals surface area contributed by atoms with E-state index in [2.05, 4.69) is 15.5 Å². The Morgan fingerprint density at radius 3 is 2.80 bits per heavy atom. The van der Waals surface area contributed by atoms with Gasteiger partial charge in [0.05, 0.1) is 22.4 Å². The maximum atomic E-state index is 12.4. The zero-order chi connectivity index (χ0) is 18.0. The molecule has 1 aromatic carbocycles. The summed E-state index contributed by atoms with van der Waals surface area (Å²) in [5.41, 5.74) is 5.22. The average Bonchev–Trinajstić information content (AvgIpc) is 2.90. The Morgan fingerprint density at radius 2 is 2.04 bits per heavy atom. The predicted octanol–water partition coefficient (Wildman–Crippen LogP) is 2.62. The number of para-hydroxylation sites is 1. The third kappa shape index (κ3) is 3.23. The third-order valence-corrected chi connectivity index (χ3v) is 3.66. The van der Waals surface area contributed by atoms with Crippen molar-refractivity contribution in [1.82, 2.24) is 14.8 Å². The van der Waals surface area contributed by atoms with Crippen LogP contribution in [0.15, 0.2) is 47.7 Å². The average molecular weight is 337 g/mol. The van der Waals surface area contributed by atoms with Crippen molar-refractivity contribution in [1.29, 1.82) is 0 Å². The van der Waals surface area contributed by atoms with E-state index < -0.39 is 10.8 Å². The number of imidazole rings is 1. The summed E-state index contributed by atoms with van der Waals surface area (Å²) in [5.74, 6) is -0.439. The fraction of sp³-hybridized carbons (Fsp3) is 0.118. The highest BCUT2D eigenvalue weighted by atomic mass is 16.6. The summed E-state index contributed by atoms with van der Waals surface area (Å²) in [5, 5.41) is 14.8. The maximum Gasteiger partial charge on any atom is 0.290 e. The van der Waals surface area contributed by atoms with E-state index in [1.54, 1.807) is 29.5 Å². The largest absolute Gasteiger partial charge is 0.295 e. The SMILES string of the molecule is Cc1ccc2nc(C)c(C(=O)N/N=C\c3ccccc3[N+](=O)[O-])n2c1. The number of nitro groups is 1. The first-order valence-corrected chi connectivity index (χ1v) is 7.49. The number of amides is 1. The third-order valence-electron chi connectivity index (χ3n) is 3.66. The van der Waals surface area contributed by atoms with Crippen LogP contribution in [0.25, 0.3) is 5.65 Å². The van der Waals surface area contributed by atoms with E-state index in [0.29, 0.717) is 22.6 Å². The zero-order valence-electron chi connectivity index (χ0n) is 13.6. The van der Waals surface area contributed by atoms with E-state index >= 15 is 0 Å². The number of hydrazone groups is 1. The number of benzene rings is 1. The number of nitro benzene ring substituents is 1. The molecule has 3 rings (SSSR count). The summed E-state index contributed by atoms with van der Waals surface area (Å²) in [4.78, 5) is 27.3. The lowest BCUT2D eigenvalue weighted by molar-refractivity contribution is -0.385. The van der Waals surface area contributed by atoms with Gasteiger partial charge in [-0.2, -0.15) is 5.10 Å². The molecule has 126 valence electrons. The molecule has 0 unspecified atom stereocenters. The van der Waals surface area contributed by atoms with Crippen molar-refractivity contribution in [2.75, 3.05) is 0 Å². The van der Waals surface area contributed by atoms with Gasteiger partial charge in [0, 0.05) is 12.3 Å². The molecule has 0 aliphatic carbocycles. The van der Waals surface area contributed by atoms with Crippen LogP contribution in [0.3, 0.4) is 0 Å². The highest BCUT2D eigenvalue weighted by Gasteiger charge is 2.16. The molecule has 3 aromatic rings. The summed E-state index contributed by atoms with van der Waals surface area (Å²) < 4.78 is 1.69. The van der Waals surface area contributed by atoms with Crippen molar-refractivity contribution in [3.05, 3.63) is 75.2 Å². The summed E-state index contributed by atoms with van der Waals surface area (Å²) >= 11 is 0. The van der Waals surface area contributed by atoms with Gasteiger partial charge in [-0.3, -0.25) is 19.3 Å². The van der Waals surface area contributed by atoms with Crippen molar-refractivity contribution < 1.29 is 9.72 Å². The van der Waals surface area contributed by atoms with E-state index in [9.17, 15) is 14.9 Å². The molecule has 8 heteroatoms. The van der Waals surface area contributed by atoms with Gasteiger partial charge in [0.2, 0.25) is 0 Å². The first-order chi connectivity index (χ1) is 12.0. The van der Waals surface area contributed by atoms with Crippen LogP contribution in [-0.4, -0.2) is 26.4 Å². The Balaban J connectivity index is 1.86. The van der Waals surface area contributed by atoms with Crippen molar-refractivity contribution in [2.24, 2.45) is 5.10 Å². The zero-order valence-corrected chi connectivity index (χ0v) is 13.6. The molecule has 25 heavy (non-hydrogen) atoms. The standard InChI is InChI=1S/C17H15N5O3/c1-11-7-8-15-19-12(2)16(21(15)10-11)17(23)20-18-9-13-5-3-4-6-14(13)22(24)25/h3-10H,1-2H3,(H,20,23)/b18-9-. The quantitative estimate of drug-likeness (QED) is 0.449. The second kappa shape index (κ2) is 6.52. The van der Waals surface area contributed by atoms with Crippen molar-refractivity contribution in [3.63, 3.8) is 0 Å². The normalized spacial score (nSPS) is 11.1. The molecule has 1 amide bonds. The molecule has 0 aliphatic heterocycles. The highest BCUT2D eigenvalue weighted by molar-refractivity contribution is 5.95. The molecular formula is C17H15N5O3. The van der Waals surface area contributed by atoms with Gasteiger partial charge in [-0.05, 0) is 31.5 Å². The number of nitrogens with one attached hydrogen (secondary N) is 1. The summed E-state index contributed by atoms with van der Waals surface area (Å²) in [6.45, 7) is 3.66. The molecule has 0 saturated carbocycles. The van der Waals surface area contributed by atoms with E-state index in [1.165, 1.54) is 12.3 Å². The maximum absolute atomic E-state index is 12.4. The van der Waals surface area contributed by atoms with Crippen LogP contribution in [0.4, 0.5) is 5.69 Å². The molecule has 0 spiro atoms. The summed E-state index contributed by atoms with van der Waals surface area (Å²) in [6, 6.07) is 9.90. The van der Waals surface area contributed by atoms with Gasteiger partial charge in [-0.15, -0.1) is 0 Å². The van der Waals surface area contributed by atoms with Gasteiger partial charge in [-0.25, -0.2) is 10.4 Å². The monoisotopic (exact) mass is 337 g/mol. The second-order valence-electron chi connectivity index (χ2n) is 5.50. The van der Waals surface area contributed by atoms with Crippen molar-refractivity contribution in [3.8, 4) is 0 Å². The Kier molecular flexibility index (Phi) is 4.25. The Labute approximate surface area is 143 Å². The van der Waals surface area contributed by atoms with E-state index in [1.807, 2.05) is 25.3 Å². The number of nitrogens with zero attached hydrogens (tertiary/aromatic N) is 4. The molecule has 2 heterocycles. The number of fused-ring (bicyclic) bond motifs is 1. The minimum atomic E-state index is -0.499. The number of carbonyl (C=O) groups is 1. The Morgan fingerprint density at radius 1 is 1.28 bits per heavy atom. The Bertz CT molecular complexity index is 1010. The molecule has 0 radical (unpaired) electrons. The highest BCUT2D eigenvalue weighted by Crippen LogP contribution is 2.15. The van der Waals surface area contributed by atoms with Crippen LogP contribution in [-0.2, 0) is 0 Å². The topological polar surface area (TPSA) is 102 Å². The van der Waals surface area contributed by atoms with Gasteiger partial charge in [0.15, 0.2) is 0 Å². The minimum Gasteiger partial charge on any atom is -0.295 e. The minimum absolute atomic E-state index is 0.0814. The van der Waals surface area contributed by atoms with Crippen molar-refractivity contribution >= 4 is 23.5 Å². The van der Waals surface area contributed by atoms with Crippen LogP contribution in [0, 0.1) is 24.0 Å². The molecule has 1 N–H and O–H groups in total. The molecule has 0 saturated heterocycles. The second-order valence-corrected chi connectivity index (χ2v) is 5.50. The van der Waals surface area contributed by atoms with Crippen LogP contribution >= 0.6 is 0 Å². The predicted molar refractivity (Wildman–Crippen MR) is 92.8 cm³/mol. The number of aromatic nitrogens is 2. The van der Waals surface area contributed by atoms with Crippen LogP contribution in [0.1, 0.15) is 27.3 Å². The summed E-state index contributed by atoms with van der Waals surface area (Å²) in [6.07, 6.45) is 3.07. The van der Waals surface area contributed by atoms with Crippen LogP contribution < -0.4 is 5.43 Å². The lowest BCUT2D eigenvalue weighted by atomic mass is 10.2. The van der Waals surface area contributed by atoms with E-state index in [-0.39, 0.29) is 5.69 Å². The first-order valence-electron chi connectivity index (χ1n) is 7.49. The first kappa shape index (κ1) is 16.3. The van der Waals surface area contributed by atoms with E-state index in [0.717, 1.165) is 5.56 Å². The van der Waals surface area contributed by atoms with Gasteiger partial charge in [0.1, 0.15) is 11.3 Å². The Hall–Kier alpha value is -3.55. The van der Waals surface area contributed by atoms with Crippen LogP contribution in [0.5, 0.6) is 0 Å². The number of aryl methyl sites for hydroxylation is 2. The smallest absolute Gasteiger partial charge is 0.290 e. The number of pyridine rings is 1. The fourth-order valence-corrected chi connectivity index (χ4v) is 2.52. The number of carbonyl (C=O) groups excluding carboxylic acids is 1. The molecule has 8 nitrogen and oxygen atoms in total. The molecule has 0 aliphatic rings. The number of rotatable bonds is 4. The lowest BCUT2D eigenvalue weighted by Crippen LogP contribution is -2.20. The van der Waals surface area contributed by atoms with Gasteiger partial charge < -0.3 is 0 Å². The molecule has 0 fully saturated rings. The van der Waals surface area contributed by atoms with Gasteiger partial charge in [0.25, 0.3) is 11.6 Å². The molecular weight excluding hydrogens is 322 g/mol. The number of hydrogen-bond acceptors (Lipinski definition) is 5. The fourth-order valence-electron chi connectivity index (χ4n) is 2.52. The van der Waals surface area contributed by atoms with Crippen LogP contribution in [0.2, 0.25) is 0 Å². The molecule has 2 aromatic heterocycles. The van der Waals surface area contributed by atoms with Crippen molar-refractivity contribution in [2.45, 2.75) is 13.8 Å². The van der Waals surface area contributed by atoms with E-state index in [4.69, 9.17) is 0 Å². The summed E-state index contributed by atoms with van der Waals surface area (Å²) in [7, 11) is 0. The molecule has 0 atom stereocenters. The van der Waals surface area contributed by atoms with Gasteiger partial charge >= 0.3 is 0 Å². The lowest BCUT2D eigenvalue weighted by Gasteiger charge is -2.02. The number of hydrogen-bond donors (Lipinski definition) is 1.